The minimum absolute atomic E-state index is 0.285. The maximum Gasteiger partial charge on any atom is 0.0133 e. The summed E-state index contributed by atoms with van der Waals surface area (Å²) in [7, 11) is 0. The molecular formula is C9H20BrN. The summed E-state index contributed by atoms with van der Waals surface area (Å²) in [4.78, 5) is 0. The topological polar surface area (TPSA) is 12.0 Å². The molecule has 0 heterocycles. The largest absolute Gasteiger partial charge is 0.312 e. The Bertz CT molecular complexity index is 99.7. The fraction of sp³-hybridized carbons (Fsp3) is 1.00. The highest BCUT2D eigenvalue weighted by molar-refractivity contribution is 9.09. The molecule has 0 aliphatic carbocycles. The number of rotatable bonds is 5. The van der Waals surface area contributed by atoms with Crippen molar-refractivity contribution in [3.63, 3.8) is 0 Å². The van der Waals surface area contributed by atoms with Crippen LogP contribution in [0.1, 0.15) is 34.1 Å². The van der Waals surface area contributed by atoms with Crippen LogP contribution in [0.3, 0.4) is 0 Å². The Hall–Kier alpha value is 0.440. The van der Waals surface area contributed by atoms with Crippen LogP contribution in [0.5, 0.6) is 0 Å². The summed E-state index contributed by atoms with van der Waals surface area (Å²) in [5, 5.41) is 4.60. The quantitative estimate of drug-likeness (QED) is 0.705. The summed E-state index contributed by atoms with van der Waals surface area (Å²) in [6.45, 7) is 10.1. The Morgan fingerprint density at radius 1 is 1.36 bits per heavy atom. The van der Waals surface area contributed by atoms with Crippen molar-refractivity contribution < 1.29 is 0 Å². The van der Waals surface area contributed by atoms with Gasteiger partial charge in [0.25, 0.3) is 0 Å². The van der Waals surface area contributed by atoms with E-state index in [1.165, 1.54) is 6.42 Å². The lowest BCUT2D eigenvalue weighted by atomic mass is 10.0. The maximum atomic E-state index is 3.53. The van der Waals surface area contributed by atoms with Gasteiger partial charge in [-0.05, 0) is 32.7 Å². The average molecular weight is 222 g/mol. The van der Waals surface area contributed by atoms with E-state index in [0.29, 0.717) is 0 Å². The van der Waals surface area contributed by atoms with Crippen molar-refractivity contribution in [2.75, 3.05) is 11.9 Å². The molecule has 0 saturated carbocycles. The van der Waals surface area contributed by atoms with Gasteiger partial charge in [-0.3, -0.25) is 0 Å². The lowest BCUT2D eigenvalue weighted by molar-refractivity contribution is 0.356. The van der Waals surface area contributed by atoms with Crippen molar-refractivity contribution in [1.29, 1.82) is 0 Å². The van der Waals surface area contributed by atoms with E-state index in [1.807, 2.05) is 0 Å². The molecule has 11 heavy (non-hydrogen) atoms. The van der Waals surface area contributed by atoms with Crippen molar-refractivity contribution in [2.24, 2.45) is 5.92 Å². The number of hydrogen-bond donors (Lipinski definition) is 1. The van der Waals surface area contributed by atoms with Crippen LogP contribution in [0.4, 0.5) is 0 Å². The summed E-state index contributed by atoms with van der Waals surface area (Å²) in [6, 6.07) is 0. The van der Waals surface area contributed by atoms with Crippen LogP contribution >= 0.6 is 15.9 Å². The first kappa shape index (κ1) is 11.4. The predicted octanol–water partition coefficient (Wildman–Crippen LogP) is 2.80. The number of alkyl halides is 1. The number of nitrogens with one attached hydrogen (secondary N) is 1. The number of hydrogen-bond acceptors (Lipinski definition) is 1. The molecule has 0 aliphatic heterocycles. The molecule has 0 amide bonds. The van der Waals surface area contributed by atoms with E-state index in [2.05, 4.69) is 48.9 Å². The smallest absolute Gasteiger partial charge is 0.0133 e. The average Bonchev–Trinajstić information content (AvgIpc) is 1.84. The zero-order valence-corrected chi connectivity index (χ0v) is 9.66. The van der Waals surface area contributed by atoms with Crippen molar-refractivity contribution >= 4 is 15.9 Å². The Labute approximate surface area is 79.1 Å². The predicted molar refractivity (Wildman–Crippen MR) is 55.3 cm³/mol. The molecule has 2 heteroatoms. The second-order valence-corrected chi connectivity index (χ2v) is 4.89. The normalized spacial score (nSPS) is 12.5. The van der Waals surface area contributed by atoms with Crippen LogP contribution in [-0.4, -0.2) is 17.4 Å². The molecule has 0 aliphatic rings. The lowest BCUT2D eigenvalue weighted by Crippen LogP contribution is -2.41. The van der Waals surface area contributed by atoms with Crippen LogP contribution in [-0.2, 0) is 0 Å². The van der Waals surface area contributed by atoms with Crippen molar-refractivity contribution in [2.45, 2.75) is 39.7 Å². The van der Waals surface area contributed by atoms with Gasteiger partial charge in [-0.25, -0.2) is 0 Å². The van der Waals surface area contributed by atoms with E-state index < -0.39 is 0 Å². The first-order chi connectivity index (χ1) is 4.98. The highest BCUT2D eigenvalue weighted by Gasteiger charge is 2.15. The molecule has 0 atom stereocenters. The summed E-state index contributed by atoms with van der Waals surface area (Å²) in [5.74, 6) is 0.740. The summed E-state index contributed by atoms with van der Waals surface area (Å²) < 4.78 is 0. The molecule has 0 aromatic heterocycles. The molecule has 1 nitrogen and oxygen atoms in total. The Balaban J connectivity index is 3.54. The zero-order chi connectivity index (χ0) is 8.91. The van der Waals surface area contributed by atoms with E-state index in [0.717, 1.165) is 17.8 Å². The molecule has 0 aromatic carbocycles. The third-order valence-electron chi connectivity index (χ3n) is 1.71. The molecule has 0 bridgehead atoms. The molecule has 68 valence electrons. The van der Waals surface area contributed by atoms with Crippen LogP contribution < -0.4 is 5.32 Å². The molecule has 1 N–H and O–H groups in total. The van der Waals surface area contributed by atoms with Gasteiger partial charge >= 0.3 is 0 Å². The lowest BCUT2D eigenvalue weighted by Gasteiger charge is -2.26. The van der Waals surface area contributed by atoms with Gasteiger partial charge in [-0.2, -0.15) is 0 Å². The molecule has 0 fully saturated rings. The van der Waals surface area contributed by atoms with Crippen LogP contribution in [0.15, 0.2) is 0 Å². The molecule has 0 spiro atoms. The monoisotopic (exact) mass is 221 g/mol. The van der Waals surface area contributed by atoms with Gasteiger partial charge in [0.2, 0.25) is 0 Å². The number of halogens is 1. The SMILES string of the molecule is CC(C)CNC(C)(C)CCBr. The first-order valence-electron chi connectivity index (χ1n) is 4.29. The van der Waals surface area contributed by atoms with Gasteiger partial charge in [0.15, 0.2) is 0 Å². The van der Waals surface area contributed by atoms with Crippen LogP contribution in [0, 0.1) is 5.92 Å². The van der Waals surface area contributed by atoms with Gasteiger partial charge in [0.05, 0.1) is 0 Å². The Morgan fingerprint density at radius 2 is 1.91 bits per heavy atom. The fourth-order valence-electron chi connectivity index (χ4n) is 0.805. The van der Waals surface area contributed by atoms with E-state index in [-0.39, 0.29) is 5.54 Å². The summed E-state index contributed by atoms with van der Waals surface area (Å²) >= 11 is 3.45. The third kappa shape index (κ3) is 6.82. The molecule has 0 aromatic rings. The second-order valence-electron chi connectivity index (χ2n) is 4.10. The van der Waals surface area contributed by atoms with Gasteiger partial charge in [0.1, 0.15) is 0 Å². The maximum absolute atomic E-state index is 3.53. The summed E-state index contributed by atoms with van der Waals surface area (Å²) in [6.07, 6.45) is 1.18. The highest BCUT2D eigenvalue weighted by atomic mass is 79.9. The minimum Gasteiger partial charge on any atom is -0.312 e. The van der Waals surface area contributed by atoms with Crippen molar-refractivity contribution in [1.82, 2.24) is 5.32 Å². The van der Waals surface area contributed by atoms with Gasteiger partial charge < -0.3 is 5.32 Å². The van der Waals surface area contributed by atoms with E-state index in [9.17, 15) is 0 Å². The summed E-state index contributed by atoms with van der Waals surface area (Å²) in [5.41, 5.74) is 0.285. The van der Waals surface area contributed by atoms with Crippen molar-refractivity contribution in [3.05, 3.63) is 0 Å². The standard InChI is InChI=1S/C9H20BrN/c1-8(2)7-11-9(3,4)5-6-10/h8,11H,5-7H2,1-4H3. The molecule has 0 unspecified atom stereocenters. The van der Waals surface area contributed by atoms with Crippen LogP contribution in [0.25, 0.3) is 0 Å². The first-order valence-corrected chi connectivity index (χ1v) is 5.41. The van der Waals surface area contributed by atoms with Gasteiger partial charge in [-0.1, -0.05) is 29.8 Å². The third-order valence-corrected chi connectivity index (χ3v) is 2.10. The van der Waals surface area contributed by atoms with Gasteiger partial charge in [0, 0.05) is 10.9 Å². The zero-order valence-electron chi connectivity index (χ0n) is 8.08. The highest BCUT2D eigenvalue weighted by Crippen LogP contribution is 2.10. The van der Waals surface area contributed by atoms with E-state index >= 15 is 0 Å². The van der Waals surface area contributed by atoms with Gasteiger partial charge in [-0.15, -0.1) is 0 Å². The fourth-order valence-corrected chi connectivity index (χ4v) is 1.80. The van der Waals surface area contributed by atoms with E-state index in [4.69, 9.17) is 0 Å². The Kier molecular flexibility index (Phi) is 5.36. The van der Waals surface area contributed by atoms with Crippen LogP contribution in [0.2, 0.25) is 0 Å². The molecular weight excluding hydrogens is 202 g/mol. The van der Waals surface area contributed by atoms with E-state index in [1.54, 1.807) is 0 Å². The minimum atomic E-state index is 0.285. The molecule has 0 saturated heterocycles. The Morgan fingerprint density at radius 3 is 2.27 bits per heavy atom. The van der Waals surface area contributed by atoms with Crippen molar-refractivity contribution in [3.8, 4) is 0 Å². The molecule has 0 rings (SSSR count). The molecule has 0 radical (unpaired) electrons. The second kappa shape index (κ2) is 5.15.